The van der Waals surface area contributed by atoms with E-state index in [1.807, 2.05) is 0 Å². The molecule has 0 unspecified atom stereocenters. The first-order chi connectivity index (χ1) is 11.3. The Kier molecular flexibility index (Phi) is 4.34. The number of halogens is 4. The third-order valence-corrected chi connectivity index (χ3v) is 4.91. The summed E-state index contributed by atoms with van der Waals surface area (Å²) in [7, 11) is 0. The molecule has 24 heavy (non-hydrogen) atoms. The molecule has 0 aromatic heterocycles. The molecule has 8 heteroatoms. The maximum absolute atomic E-state index is 13.7. The summed E-state index contributed by atoms with van der Waals surface area (Å²) in [5.41, 5.74) is -3.22. The van der Waals surface area contributed by atoms with Gasteiger partial charge in [0.25, 0.3) is 11.6 Å². The minimum Gasteiger partial charge on any atom is -0.362 e. The van der Waals surface area contributed by atoms with Crippen LogP contribution >= 0.6 is 11.6 Å². The zero-order chi connectivity index (χ0) is 17.5. The number of hydrogen-bond donors (Lipinski definition) is 1. The van der Waals surface area contributed by atoms with Crippen LogP contribution in [-0.2, 0) is 0 Å². The van der Waals surface area contributed by atoms with E-state index in [0.717, 1.165) is 6.42 Å². The molecule has 1 aliphatic carbocycles. The van der Waals surface area contributed by atoms with Crippen LogP contribution in [-0.4, -0.2) is 33.6 Å². The van der Waals surface area contributed by atoms with Gasteiger partial charge >= 0.3 is 6.18 Å². The molecule has 1 amide bonds. The van der Waals surface area contributed by atoms with Crippen molar-refractivity contribution in [1.29, 1.82) is 0 Å². The lowest BCUT2D eigenvalue weighted by molar-refractivity contribution is -0.312. The largest absolute Gasteiger partial charge is 0.439 e. The van der Waals surface area contributed by atoms with Crippen LogP contribution in [0.25, 0.3) is 0 Å². The molecule has 4 nitrogen and oxygen atoms in total. The van der Waals surface area contributed by atoms with Crippen molar-refractivity contribution in [3.8, 4) is 0 Å². The summed E-state index contributed by atoms with van der Waals surface area (Å²) in [5, 5.41) is 14.6. The SMILES string of the molecule is O=C(c1ccccc1Cl)N1N=C2CCCCC[C@@H]2[C@@]1(O)C(F)(F)F. The summed E-state index contributed by atoms with van der Waals surface area (Å²) in [4.78, 5) is 12.6. The Morgan fingerprint density at radius 1 is 1.29 bits per heavy atom. The normalized spacial score (nSPS) is 27.5. The van der Waals surface area contributed by atoms with Crippen LogP contribution in [0.2, 0.25) is 5.02 Å². The predicted octanol–water partition coefficient (Wildman–Crippen LogP) is 3.98. The van der Waals surface area contributed by atoms with Crippen molar-refractivity contribution in [3.05, 3.63) is 34.9 Å². The van der Waals surface area contributed by atoms with E-state index < -0.39 is 23.7 Å². The fourth-order valence-electron chi connectivity index (χ4n) is 3.34. The molecule has 1 aliphatic heterocycles. The van der Waals surface area contributed by atoms with Gasteiger partial charge in [-0.15, -0.1) is 0 Å². The van der Waals surface area contributed by atoms with Gasteiger partial charge in [-0.1, -0.05) is 36.6 Å². The minimum atomic E-state index is -5.02. The van der Waals surface area contributed by atoms with Crippen molar-refractivity contribution in [2.75, 3.05) is 0 Å². The second-order valence-electron chi connectivity index (χ2n) is 6.06. The lowest BCUT2D eigenvalue weighted by atomic mass is 9.87. The maximum atomic E-state index is 13.7. The first-order valence-corrected chi connectivity index (χ1v) is 8.10. The van der Waals surface area contributed by atoms with Gasteiger partial charge in [0.1, 0.15) is 0 Å². The molecular weight excluding hydrogens is 345 g/mol. The Bertz CT molecular complexity index is 692. The van der Waals surface area contributed by atoms with Gasteiger partial charge in [-0.3, -0.25) is 4.79 Å². The zero-order valence-electron chi connectivity index (χ0n) is 12.7. The highest BCUT2D eigenvalue weighted by Crippen LogP contribution is 2.48. The monoisotopic (exact) mass is 360 g/mol. The third kappa shape index (κ3) is 2.59. The van der Waals surface area contributed by atoms with E-state index in [1.165, 1.54) is 18.2 Å². The summed E-state index contributed by atoms with van der Waals surface area (Å²) >= 11 is 5.93. The molecular formula is C16H16ClF3N2O2. The molecule has 3 rings (SSSR count). The van der Waals surface area contributed by atoms with E-state index >= 15 is 0 Å². The summed E-state index contributed by atoms with van der Waals surface area (Å²) in [6.07, 6.45) is -2.52. The van der Waals surface area contributed by atoms with Crippen LogP contribution < -0.4 is 0 Å². The van der Waals surface area contributed by atoms with Gasteiger partial charge in [-0.2, -0.15) is 23.3 Å². The Morgan fingerprint density at radius 3 is 2.67 bits per heavy atom. The number of carbonyl (C=O) groups is 1. The molecule has 1 aromatic rings. The highest BCUT2D eigenvalue weighted by Gasteiger charge is 2.68. The number of nitrogens with zero attached hydrogens (tertiary/aromatic N) is 2. The summed E-state index contributed by atoms with van der Waals surface area (Å²) < 4.78 is 41.2. The van der Waals surface area contributed by atoms with Gasteiger partial charge in [-0.25, -0.2) is 0 Å². The Balaban J connectivity index is 2.07. The number of amides is 1. The van der Waals surface area contributed by atoms with Gasteiger partial charge in [0.15, 0.2) is 0 Å². The van der Waals surface area contributed by atoms with Crippen molar-refractivity contribution in [1.82, 2.24) is 5.01 Å². The van der Waals surface area contributed by atoms with E-state index in [9.17, 15) is 23.1 Å². The Hall–Kier alpha value is -1.60. The molecule has 1 fully saturated rings. The molecule has 0 saturated heterocycles. The van der Waals surface area contributed by atoms with Gasteiger partial charge in [-0.05, 0) is 31.4 Å². The van der Waals surface area contributed by atoms with Crippen molar-refractivity contribution < 1.29 is 23.1 Å². The van der Waals surface area contributed by atoms with Crippen LogP contribution in [0.4, 0.5) is 13.2 Å². The molecule has 2 atom stereocenters. The van der Waals surface area contributed by atoms with E-state index in [-0.39, 0.29) is 27.7 Å². The van der Waals surface area contributed by atoms with E-state index in [1.54, 1.807) is 6.07 Å². The van der Waals surface area contributed by atoms with E-state index in [2.05, 4.69) is 5.10 Å². The van der Waals surface area contributed by atoms with Crippen molar-refractivity contribution in [2.45, 2.75) is 44.0 Å². The molecule has 1 heterocycles. The number of benzene rings is 1. The fourth-order valence-corrected chi connectivity index (χ4v) is 3.56. The van der Waals surface area contributed by atoms with Gasteiger partial charge in [0.05, 0.1) is 16.5 Å². The van der Waals surface area contributed by atoms with Crippen molar-refractivity contribution in [3.63, 3.8) is 0 Å². The summed E-state index contributed by atoms with van der Waals surface area (Å²) in [5.74, 6) is -2.28. The summed E-state index contributed by atoms with van der Waals surface area (Å²) in [6, 6.07) is 5.78. The van der Waals surface area contributed by atoms with Crippen LogP contribution in [0.1, 0.15) is 42.5 Å². The molecule has 1 N–H and O–H groups in total. The second-order valence-corrected chi connectivity index (χ2v) is 6.47. The van der Waals surface area contributed by atoms with Crippen molar-refractivity contribution >= 4 is 23.2 Å². The van der Waals surface area contributed by atoms with Crippen LogP contribution in [0.15, 0.2) is 29.4 Å². The van der Waals surface area contributed by atoms with Crippen LogP contribution in [0, 0.1) is 5.92 Å². The molecule has 0 radical (unpaired) electrons. The molecule has 0 spiro atoms. The lowest BCUT2D eigenvalue weighted by Crippen LogP contribution is -2.61. The van der Waals surface area contributed by atoms with Crippen LogP contribution in [0.3, 0.4) is 0 Å². The maximum Gasteiger partial charge on any atom is 0.439 e. The number of fused-ring (bicyclic) bond motifs is 1. The zero-order valence-corrected chi connectivity index (χ0v) is 13.4. The molecule has 0 bridgehead atoms. The number of hydrogen-bond acceptors (Lipinski definition) is 3. The standard InChI is InChI=1S/C16H16ClF3N2O2/c17-12-8-5-4-6-10(12)14(23)22-15(24,16(18,19)20)11-7-2-1-3-9-13(11)21-22/h4-6,8,11,24H,1-3,7,9H2/t11-,15+/m0/s1. The average Bonchev–Trinajstić information content (AvgIpc) is 2.68. The number of alkyl halides is 3. The Labute approximate surface area is 141 Å². The molecule has 2 aliphatic rings. The topological polar surface area (TPSA) is 52.9 Å². The number of hydrazone groups is 1. The quantitative estimate of drug-likeness (QED) is 0.823. The summed E-state index contributed by atoms with van der Waals surface area (Å²) in [6.45, 7) is 0. The minimum absolute atomic E-state index is 0.0133. The van der Waals surface area contributed by atoms with Gasteiger partial charge in [0, 0.05) is 5.71 Å². The molecule has 130 valence electrons. The van der Waals surface area contributed by atoms with Crippen molar-refractivity contribution in [2.24, 2.45) is 11.0 Å². The average molecular weight is 361 g/mol. The van der Waals surface area contributed by atoms with E-state index in [0.29, 0.717) is 19.3 Å². The Morgan fingerprint density at radius 2 is 2.00 bits per heavy atom. The number of carbonyl (C=O) groups excluding carboxylic acids is 1. The lowest BCUT2D eigenvalue weighted by Gasteiger charge is -2.37. The third-order valence-electron chi connectivity index (χ3n) is 4.58. The molecule has 1 saturated carbocycles. The highest BCUT2D eigenvalue weighted by atomic mass is 35.5. The predicted molar refractivity (Wildman–Crippen MR) is 82.6 cm³/mol. The first kappa shape index (κ1) is 17.2. The number of rotatable bonds is 1. The molecule has 1 aromatic carbocycles. The van der Waals surface area contributed by atoms with Crippen LogP contribution in [0.5, 0.6) is 0 Å². The van der Waals surface area contributed by atoms with E-state index in [4.69, 9.17) is 11.6 Å². The number of aliphatic hydroxyl groups is 1. The fraction of sp³-hybridized carbons (Fsp3) is 0.500. The first-order valence-electron chi connectivity index (χ1n) is 7.72. The smallest absolute Gasteiger partial charge is 0.362 e. The highest BCUT2D eigenvalue weighted by molar-refractivity contribution is 6.33. The van der Waals surface area contributed by atoms with Gasteiger partial charge < -0.3 is 5.11 Å². The van der Waals surface area contributed by atoms with Gasteiger partial charge in [0.2, 0.25) is 0 Å². The second kappa shape index (κ2) is 6.04.